The predicted octanol–water partition coefficient (Wildman–Crippen LogP) is 5.73. The molecule has 0 aromatic carbocycles. The Kier molecular flexibility index (Phi) is 9.10. The normalized spacial score (nSPS) is 21.7. The Balaban J connectivity index is 2.25. The predicted molar refractivity (Wildman–Crippen MR) is 98.6 cm³/mol. The second-order valence-electron chi connectivity index (χ2n) is 8.49. The van der Waals surface area contributed by atoms with Gasteiger partial charge in [0.1, 0.15) is 0 Å². The topological polar surface area (TPSA) is 21.7 Å². The Hall–Kier alpha value is -0.120. The molecule has 0 saturated carbocycles. The van der Waals surface area contributed by atoms with Crippen LogP contribution in [0.4, 0.5) is 0 Å². The number of nitrogens with zero attached hydrogens (tertiary/aromatic N) is 1. The van der Waals surface area contributed by atoms with Crippen LogP contribution in [-0.4, -0.2) is 36.0 Å². The molecule has 0 spiro atoms. The van der Waals surface area contributed by atoms with Crippen molar-refractivity contribution >= 4 is 0 Å². The van der Waals surface area contributed by atoms with Crippen molar-refractivity contribution in [3.05, 3.63) is 0 Å². The highest BCUT2D eigenvalue weighted by Crippen LogP contribution is 2.39. The molecule has 1 fully saturated rings. The van der Waals surface area contributed by atoms with Gasteiger partial charge in [0.2, 0.25) is 0 Å². The maximum absolute atomic E-state index is 6.23. The third-order valence-electron chi connectivity index (χ3n) is 5.11. The Morgan fingerprint density at radius 2 is 1.30 bits per heavy atom. The van der Waals surface area contributed by atoms with Crippen LogP contribution in [0.5, 0.6) is 0 Å². The van der Waals surface area contributed by atoms with Gasteiger partial charge >= 0.3 is 0 Å². The lowest BCUT2D eigenvalue weighted by Gasteiger charge is -2.53. The molecular weight excluding hydrogens is 286 g/mol. The molecule has 23 heavy (non-hydrogen) atoms. The Morgan fingerprint density at radius 3 is 1.78 bits per heavy atom. The van der Waals surface area contributed by atoms with Crippen LogP contribution in [-0.2, 0) is 9.57 Å². The van der Waals surface area contributed by atoms with E-state index in [-0.39, 0.29) is 11.1 Å². The van der Waals surface area contributed by atoms with E-state index in [0.717, 1.165) is 19.4 Å². The van der Waals surface area contributed by atoms with E-state index in [2.05, 4.69) is 39.7 Å². The molecule has 0 atom stereocenters. The Labute approximate surface area is 145 Å². The van der Waals surface area contributed by atoms with E-state index in [1.54, 1.807) is 0 Å². The number of methoxy groups -OCH3 is 1. The number of unbranched alkanes of at least 4 members (excludes halogenated alkanes) is 7. The smallest absolute Gasteiger partial charge is 0.0685 e. The van der Waals surface area contributed by atoms with Crippen LogP contribution in [0.2, 0.25) is 0 Å². The monoisotopic (exact) mass is 327 g/mol. The number of piperidine rings is 1. The number of hydroxylamine groups is 2. The zero-order chi connectivity index (χ0) is 17.3. The summed E-state index contributed by atoms with van der Waals surface area (Å²) in [6, 6.07) is 0. The highest BCUT2D eigenvalue weighted by Gasteiger charge is 2.46. The van der Waals surface area contributed by atoms with Gasteiger partial charge in [-0.3, -0.25) is 4.84 Å². The summed E-state index contributed by atoms with van der Waals surface area (Å²) < 4.78 is 5.63. The SMILES string of the molecule is CCCCCCCCCCON1C(C)(C)CC(OC)CC1(C)C. The standard InChI is InChI=1S/C20H41NO2/c1-7-8-9-10-11-12-13-14-15-23-21-19(2,3)16-18(22-6)17-20(21,4)5/h18H,7-17H2,1-6H3. The van der Waals surface area contributed by atoms with E-state index in [1.807, 2.05) is 7.11 Å². The van der Waals surface area contributed by atoms with E-state index < -0.39 is 0 Å². The molecule has 3 nitrogen and oxygen atoms in total. The fraction of sp³-hybridized carbons (Fsp3) is 1.00. The summed E-state index contributed by atoms with van der Waals surface area (Å²) in [5, 5.41) is 2.25. The molecule has 1 saturated heterocycles. The third kappa shape index (κ3) is 7.11. The molecule has 0 aromatic rings. The molecule has 0 unspecified atom stereocenters. The Morgan fingerprint density at radius 1 is 0.826 bits per heavy atom. The van der Waals surface area contributed by atoms with Crippen molar-refractivity contribution in [2.75, 3.05) is 13.7 Å². The van der Waals surface area contributed by atoms with E-state index in [4.69, 9.17) is 9.57 Å². The van der Waals surface area contributed by atoms with Crippen LogP contribution in [0.3, 0.4) is 0 Å². The molecule has 1 aliphatic heterocycles. The van der Waals surface area contributed by atoms with Crippen molar-refractivity contribution < 1.29 is 9.57 Å². The Bertz CT molecular complexity index is 297. The van der Waals surface area contributed by atoms with Gasteiger partial charge < -0.3 is 4.74 Å². The van der Waals surface area contributed by atoms with E-state index >= 15 is 0 Å². The van der Waals surface area contributed by atoms with Gasteiger partial charge in [-0.2, -0.15) is 5.06 Å². The van der Waals surface area contributed by atoms with Gasteiger partial charge in [0.25, 0.3) is 0 Å². The van der Waals surface area contributed by atoms with Crippen molar-refractivity contribution in [1.29, 1.82) is 0 Å². The van der Waals surface area contributed by atoms with Crippen LogP contribution in [0.15, 0.2) is 0 Å². The maximum Gasteiger partial charge on any atom is 0.0685 e. The minimum Gasteiger partial charge on any atom is -0.381 e. The van der Waals surface area contributed by atoms with Gasteiger partial charge in [-0.25, -0.2) is 0 Å². The molecule has 138 valence electrons. The zero-order valence-corrected chi connectivity index (χ0v) is 16.6. The lowest BCUT2D eigenvalue weighted by atomic mass is 9.80. The number of ether oxygens (including phenoxy) is 1. The van der Waals surface area contributed by atoms with Crippen LogP contribution >= 0.6 is 0 Å². The van der Waals surface area contributed by atoms with Crippen molar-refractivity contribution in [3.8, 4) is 0 Å². The largest absolute Gasteiger partial charge is 0.381 e. The fourth-order valence-corrected chi connectivity index (χ4v) is 4.08. The van der Waals surface area contributed by atoms with E-state index in [0.29, 0.717) is 6.10 Å². The molecule has 1 rings (SSSR count). The summed E-state index contributed by atoms with van der Waals surface area (Å²) in [5.74, 6) is 0. The third-order valence-corrected chi connectivity index (χ3v) is 5.11. The average molecular weight is 328 g/mol. The van der Waals surface area contributed by atoms with Crippen LogP contribution < -0.4 is 0 Å². The molecule has 1 aliphatic rings. The van der Waals surface area contributed by atoms with Gasteiger partial charge in [-0.1, -0.05) is 51.9 Å². The highest BCUT2D eigenvalue weighted by molar-refractivity contribution is 4.97. The number of hydrogen-bond donors (Lipinski definition) is 0. The van der Waals surface area contributed by atoms with Crippen molar-refractivity contribution in [1.82, 2.24) is 5.06 Å². The number of hydrogen-bond acceptors (Lipinski definition) is 3. The summed E-state index contributed by atoms with van der Waals surface area (Å²) in [7, 11) is 1.83. The summed E-state index contributed by atoms with van der Waals surface area (Å²) in [6.07, 6.45) is 13.1. The molecule has 0 N–H and O–H groups in total. The lowest BCUT2D eigenvalue weighted by molar-refractivity contribution is -0.293. The molecule has 0 amide bonds. The first kappa shape index (κ1) is 20.9. The lowest BCUT2D eigenvalue weighted by Crippen LogP contribution is -2.61. The van der Waals surface area contributed by atoms with Crippen molar-refractivity contribution in [2.24, 2.45) is 0 Å². The van der Waals surface area contributed by atoms with Gasteiger partial charge in [0.05, 0.1) is 12.7 Å². The second-order valence-corrected chi connectivity index (χ2v) is 8.49. The zero-order valence-electron chi connectivity index (χ0n) is 16.6. The quantitative estimate of drug-likeness (QED) is 0.453. The van der Waals surface area contributed by atoms with Crippen molar-refractivity contribution in [2.45, 2.75) is 116 Å². The second kappa shape index (κ2) is 10.0. The first-order valence-corrected chi connectivity index (χ1v) is 9.79. The maximum atomic E-state index is 6.23. The van der Waals surface area contributed by atoms with Crippen LogP contribution in [0.1, 0.15) is 98.8 Å². The first-order valence-electron chi connectivity index (χ1n) is 9.79. The van der Waals surface area contributed by atoms with E-state index in [9.17, 15) is 0 Å². The fourth-order valence-electron chi connectivity index (χ4n) is 4.08. The van der Waals surface area contributed by atoms with Gasteiger partial charge in [0, 0.05) is 18.2 Å². The van der Waals surface area contributed by atoms with Crippen LogP contribution in [0, 0.1) is 0 Å². The first-order chi connectivity index (χ1) is 10.8. The summed E-state index contributed by atoms with van der Waals surface area (Å²) in [6.45, 7) is 12.2. The molecular formula is C20H41NO2. The number of rotatable bonds is 11. The van der Waals surface area contributed by atoms with Gasteiger partial charge in [-0.05, 0) is 47.0 Å². The average Bonchev–Trinajstić information content (AvgIpc) is 2.46. The molecule has 0 aromatic heterocycles. The van der Waals surface area contributed by atoms with Crippen LogP contribution in [0.25, 0.3) is 0 Å². The summed E-state index contributed by atoms with van der Waals surface area (Å²) in [4.78, 5) is 6.23. The van der Waals surface area contributed by atoms with E-state index in [1.165, 1.54) is 51.4 Å². The minimum atomic E-state index is 0.0303. The van der Waals surface area contributed by atoms with Gasteiger partial charge in [0.15, 0.2) is 0 Å². The van der Waals surface area contributed by atoms with Crippen molar-refractivity contribution in [3.63, 3.8) is 0 Å². The minimum absolute atomic E-state index is 0.0303. The molecule has 0 radical (unpaired) electrons. The summed E-state index contributed by atoms with van der Waals surface area (Å²) in [5.41, 5.74) is 0.0607. The molecule has 3 heteroatoms. The highest BCUT2D eigenvalue weighted by atomic mass is 16.7. The molecule has 0 bridgehead atoms. The summed E-state index contributed by atoms with van der Waals surface area (Å²) >= 11 is 0. The molecule has 0 aliphatic carbocycles. The molecule has 1 heterocycles. The van der Waals surface area contributed by atoms with Gasteiger partial charge in [-0.15, -0.1) is 0 Å².